The SMILES string of the molecule is Cc1ccc(N2CC(C(=O)Nc3c(F)cc(F)cc3-c3ccccc3)CC2=O)c(F)c1. The highest BCUT2D eigenvalue weighted by molar-refractivity contribution is 6.04. The van der Waals surface area contributed by atoms with Crippen LogP contribution >= 0.6 is 0 Å². The van der Waals surface area contributed by atoms with Crippen LogP contribution in [0.1, 0.15) is 12.0 Å². The third-order valence-corrected chi connectivity index (χ3v) is 5.28. The molecule has 1 N–H and O–H groups in total. The molecule has 1 atom stereocenters. The molecule has 4 rings (SSSR count). The number of hydrogen-bond donors (Lipinski definition) is 1. The molecule has 0 bridgehead atoms. The van der Waals surface area contributed by atoms with Crippen molar-refractivity contribution in [3.63, 3.8) is 0 Å². The Balaban J connectivity index is 1.59. The fraction of sp³-hybridized carbons (Fsp3) is 0.167. The van der Waals surface area contributed by atoms with Crippen molar-refractivity contribution in [1.29, 1.82) is 0 Å². The fourth-order valence-electron chi connectivity index (χ4n) is 3.72. The Morgan fingerprint density at radius 1 is 1.00 bits per heavy atom. The van der Waals surface area contributed by atoms with Crippen molar-refractivity contribution in [2.45, 2.75) is 13.3 Å². The molecule has 1 unspecified atom stereocenters. The molecule has 1 fully saturated rings. The lowest BCUT2D eigenvalue weighted by Crippen LogP contribution is -2.29. The molecule has 3 aromatic carbocycles. The lowest BCUT2D eigenvalue weighted by atomic mass is 10.0. The molecule has 0 aromatic heterocycles. The third kappa shape index (κ3) is 4.17. The first-order valence-corrected chi connectivity index (χ1v) is 9.75. The number of nitrogens with one attached hydrogen (secondary N) is 1. The molecule has 158 valence electrons. The second kappa shape index (κ2) is 8.26. The molecule has 1 aliphatic rings. The van der Waals surface area contributed by atoms with E-state index in [-0.39, 0.29) is 29.9 Å². The highest BCUT2D eigenvalue weighted by Crippen LogP contribution is 2.33. The molecule has 3 aromatic rings. The Labute approximate surface area is 177 Å². The van der Waals surface area contributed by atoms with Gasteiger partial charge in [-0.05, 0) is 36.2 Å². The number of hydrogen-bond acceptors (Lipinski definition) is 2. The molecule has 2 amide bonds. The summed E-state index contributed by atoms with van der Waals surface area (Å²) in [6, 6.07) is 14.9. The largest absolute Gasteiger partial charge is 0.323 e. The first kappa shape index (κ1) is 20.7. The quantitative estimate of drug-likeness (QED) is 0.636. The maximum absolute atomic E-state index is 14.6. The summed E-state index contributed by atoms with van der Waals surface area (Å²) in [5.74, 6) is -4.03. The van der Waals surface area contributed by atoms with Gasteiger partial charge in [0.05, 0.1) is 17.3 Å². The first-order chi connectivity index (χ1) is 14.8. The number of carbonyl (C=O) groups excluding carboxylic acids is 2. The normalized spacial score (nSPS) is 15.9. The van der Waals surface area contributed by atoms with Gasteiger partial charge >= 0.3 is 0 Å². The number of nitrogens with zero attached hydrogens (tertiary/aromatic N) is 1. The number of rotatable bonds is 4. The van der Waals surface area contributed by atoms with Crippen LogP contribution in [0, 0.1) is 30.3 Å². The van der Waals surface area contributed by atoms with Crippen molar-refractivity contribution >= 4 is 23.2 Å². The molecule has 0 aliphatic carbocycles. The molecule has 0 spiro atoms. The molecule has 4 nitrogen and oxygen atoms in total. The van der Waals surface area contributed by atoms with Gasteiger partial charge < -0.3 is 10.2 Å². The summed E-state index contributed by atoms with van der Waals surface area (Å²) in [5.41, 5.74) is 1.37. The first-order valence-electron chi connectivity index (χ1n) is 9.75. The highest BCUT2D eigenvalue weighted by atomic mass is 19.1. The van der Waals surface area contributed by atoms with Crippen LogP contribution in [0.5, 0.6) is 0 Å². The van der Waals surface area contributed by atoms with E-state index in [0.29, 0.717) is 17.2 Å². The number of anilines is 2. The van der Waals surface area contributed by atoms with Gasteiger partial charge in [0, 0.05) is 24.6 Å². The summed E-state index contributed by atoms with van der Waals surface area (Å²) in [6.45, 7) is 1.70. The highest BCUT2D eigenvalue weighted by Gasteiger charge is 2.36. The van der Waals surface area contributed by atoms with Crippen LogP contribution in [0.4, 0.5) is 24.5 Å². The van der Waals surface area contributed by atoms with E-state index in [1.165, 1.54) is 17.0 Å². The molecule has 7 heteroatoms. The topological polar surface area (TPSA) is 49.4 Å². The van der Waals surface area contributed by atoms with Crippen molar-refractivity contribution in [1.82, 2.24) is 0 Å². The van der Waals surface area contributed by atoms with E-state index >= 15 is 0 Å². The summed E-state index contributed by atoms with van der Waals surface area (Å²) >= 11 is 0. The molecule has 1 heterocycles. The van der Waals surface area contributed by atoms with E-state index in [1.807, 2.05) is 0 Å². The average molecular weight is 424 g/mol. The number of halogens is 3. The van der Waals surface area contributed by atoms with E-state index < -0.39 is 35.2 Å². The maximum Gasteiger partial charge on any atom is 0.229 e. The van der Waals surface area contributed by atoms with E-state index in [9.17, 15) is 22.8 Å². The predicted molar refractivity (Wildman–Crippen MR) is 112 cm³/mol. The second-order valence-electron chi connectivity index (χ2n) is 7.53. The van der Waals surface area contributed by atoms with Crippen molar-refractivity contribution < 1.29 is 22.8 Å². The van der Waals surface area contributed by atoms with Crippen LogP contribution in [-0.2, 0) is 9.59 Å². The van der Waals surface area contributed by atoms with E-state index in [1.54, 1.807) is 43.3 Å². The Morgan fingerprint density at radius 3 is 2.45 bits per heavy atom. The smallest absolute Gasteiger partial charge is 0.229 e. The second-order valence-corrected chi connectivity index (χ2v) is 7.53. The van der Waals surface area contributed by atoms with E-state index in [2.05, 4.69) is 5.32 Å². The van der Waals surface area contributed by atoms with Gasteiger partial charge in [-0.1, -0.05) is 36.4 Å². The van der Waals surface area contributed by atoms with Crippen molar-refractivity contribution in [3.05, 3.63) is 83.7 Å². The summed E-state index contributed by atoms with van der Waals surface area (Å²) in [4.78, 5) is 26.5. The van der Waals surface area contributed by atoms with Crippen LogP contribution < -0.4 is 10.2 Å². The van der Waals surface area contributed by atoms with Gasteiger partial charge in [0.25, 0.3) is 0 Å². The summed E-state index contributed by atoms with van der Waals surface area (Å²) < 4.78 is 42.7. The Kier molecular flexibility index (Phi) is 5.50. The third-order valence-electron chi connectivity index (χ3n) is 5.28. The maximum atomic E-state index is 14.6. The molecular weight excluding hydrogens is 405 g/mol. The lowest BCUT2D eigenvalue weighted by molar-refractivity contribution is -0.122. The molecule has 0 saturated carbocycles. The molecule has 1 aliphatic heterocycles. The number of carbonyl (C=O) groups is 2. The van der Waals surface area contributed by atoms with Gasteiger partial charge in [0.2, 0.25) is 11.8 Å². The summed E-state index contributed by atoms with van der Waals surface area (Å²) in [6.07, 6.45) is -0.136. The Bertz CT molecular complexity index is 1160. The Hall–Kier alpha value is -3.61. The standard InChI is InChI=1S/C24H19F3N2O2/c1-14-7-8-21(19(26)9-14)29-13-16(10-22(29)30)24(31)28-23-18(11-17(25)12-20(23)27)15-5-3-2-4-6-15/h2-9,11-12,16H,10,13H2,1H3,(H,28,31). The van der Waals surface area contributed by atoms with Gasteiger partial charge in [0.1, 0.15) is 17.5 Å². The van der Waals surface area contributed by atoms with Crippen LogP contribution in [0.15, 0.2) is 60.7 Å². The molecule has 31 heavy (non-hydrogen) atoms. The lowest BCUT2D eigenvalue weighted by Gasteiger charge is -2.18. The fourth-order valence-corrected chi connectivity index (χ4v) is 3.72. The van der Waals surface area contributed by atoms with Crippen LogP contribution in [0.25, 0.3) is 11.1 Å². The number of aryl methyl sites for hydroxylation is 1. The zero-order valence-corrected chi connectivity index (χ0v) is 16.7. The monoisotopic (exact) mass is 424 g/mol. The zero-order chi connectivity index (χ0) is 22.1. The van der Waals surface area contributed by atoms with E-state index in [0.717, 1.165) is 6.07 Å². The summed E-state index contributed by atoms with van der Waals surface area (Å²) in [7, 11) is 0. The summed E-state index contributed by atoms with van der Waals surface area (Å²) in [5, 5.41) is 2.51. The minimum Gasteiger partial charge on any atom is -0.323 e. The molecule has 0 radical (unpaired) electrons. The number of amides is 2. The van der Waals surface area contributed by atoms with Crippen molar-refractivity contribution in [2.24, 2.45) is 5.92 Å². The van der Waals surface area contributed by atoms with E-state index in [4.69, 9.17) is 0 Å². The molecule has 1 saturated heterocycles. The van der Waals surface area contributed by atoms with Crippen LogP contribution in [0.2, 0.25) is 0 Å². The Morgan fingerprint density at radius 2 is 1.74 bits per heavy atom. The van der Waals surface area contributed by atoms with Gasteiger partial charge in [-0.15, -0.1) is 0 Å². The average Bonchev–Trinajstić information content (AvgIpc) is 3.12. The zero-order valence-electron chi connectivity index (χ0n) is 16.7. The van der Waals surface area contributed by atoms with Crippen LogP contribution in [-0.4, -0.2) is 18.4 Å². The van der Waals surface area contributed by atoms with Gasteiger partial charge in [-0.2, -0.15) is 0 Å². The van der Waals surface area contributed by atoms with Gasteiger partial charge in [-0.25, -0.2) is 13.2 Å². The van der Waals surface area contributed by atoms with Crippen molar-refractivity contribution in [2.75, 3.05) is 16.8 Å². The van der Waals surface area contributed by atoms with Gasteiger partial charge in [-0.3, -0.25) is 9.59 Å². The number of benzene rings is 3. The van der Waals surface area contributed by atoms with Crippen LogP contribution in [0.3, 0.4) is 0 Å². The minimum absolute atomic E-state index is 0.0336. The van der Waals surface area contributed by atoms with Crippen molar-refractivity contribution in [3.8, 4) is 11.1 Å². The minimum atomic E-state index is -0.919. The van der Waals surface area contributed by atoms with Gasteiger partial charge in [0.15, 0.2) is 0 Å². The molecular formula is C24H19F3N2O2. The predicted octanol–water partition coefficient (Wildman–Crippen LogP) is 5.07.